The molecule has 0 spiro atoms. The van der Waals surface area contributed by atoms with Crippen molar-refractivity contribution >= 4 is 27.5 Å². The van der Waals surface area contributed by atoms with Crippen LogP contribution in [0, 0.1) is 0 Å². The van der Waals surface area contributed by atoms with Crippen molar-refractivity contribution in [1.82, 2.24) is 15.1 Å². The number of aromatic nitrogens is 2. The second-order valence-electron chi connectivity index (χ2n) is 6.25. The van der Waals surface area contributed by atoms with Gasteiger partial charge in [-0.15, -0.1) is 10.2 Å². The Bertz CT molecular complexity index is 878. The molecule has 128 valence electrons. The molecule has 0 N–H and O–H groups in total. The van der Waals surface area contributed by atoms with Gasteiger partial charge in [0.2, 0.25) is 11.8 Å². The Balaban J connectivity index is 1.51. The van der Waals surface area contributed by atoms with Gasteiger partial charge >= 0.3 is 0 Å². The third kappa shape index (κ3) is 4.11. The van der Waals surface area contributed by atoms with Crippen LogP contribution in [0.4, 0.5) is 0 Å². The van der Waals surface area contributed by atoms with Crippen LogP contribution in [-0.2, 0) is 13.1 Å². The minimum absolute atomic E-state index is 0.471. The van der Waals surface area contributed by atoms with Gasteiger partial charge in [-0.05, 0) is 42.7 Å². The molecule has 1 fully saturated rings. The molecule has 3 aromatic rings. The van der Waals surface area contributed by atoms with Gasteiger partial charge in [-0.3, -0.25) is 4.90 Å². The number of hydrogen-bond donors (Lipinski definition) is 0. The molecule has 1 aliphatic rings. The van der Waals surface area contributed by atoms with Gasteiger partial charge in [0.05, 0.1) is 17.1 Å². The average Bonchev–Trinajstić information content (AvgIpc) is 3.35. The lowest BCUT2D eigenvalue weighted by Crippen LogP contribution is -2.25. The molecule has 25 heavy (non-hydrogen) atoms. The van der Waals surface area contributed by atoms with E-state index in [4.69, 9.17) is 16.0 Å². The first-order chi connectivity index (χ1) is 12.2. The standard InChI is InChI=1S/C19H17BrClN3O/c20-14-5-3-4-13(10-14)11-24(15-8-9-15)12-18-22-23-19(25-18)16-6-1-2-7-17(16)21/h1-7,10,15H,8-9,11-12H2. The monoisotopic (exact) mass is 417 g/mol. The van der Waals surface area contributed by atoms with Crippen LogP contribution < -0.4 is 0 Å². The Kier molecular flexibility index (Phi) is 4.88. The molecule has 1 heterocycles. The van der Waals surface area contributed by atoms with Gasteiger partial charge in [-0.25, -0.2) is 0 Å². The summed E-state index contributed by atoms with van der Waals surface area (Å²) in [7, 11) is 0. The van der Waals surface area contributed by atoms with E-state index in [1.165, 1.54) is 18.4 Å². The smallest absolute Gasteiger partial charge is 0.249 e. The second-order valence-corrected chi connectivity index (χ2v) is 7.57. The van der Waals surface area contributed by atoms with Gasteiger partial charge in [0.25, 0.3) is 0 Å². The van der Waals surface area contributed by atoms with E-state index in [2.05, 4.69) is 49.2 Å². The maximum Gasteiger partial charge on any atom is 0.249 e. The molecule has 0 atom stereocenters. The van der Waals surface area contributed by atoms with Crippen LogP contribution in [0.3, 0.4) is 0 Å². The highest BCUT2D eigenvalue weighted by Crippen LogP contribution is 2.31. The van der Waals surface area contributed by atoms with Crippen LogP contribution in [0.1, 0.15) is 24.3 Å². The molecule has 4 nitrogen and oxygen atoms in total. The maximum absolute atomic E-state index is 6.21. The summed E-state index contributed by atoms with van der Waals surface area (Å²) in [4.78, 5) is 2.39. The molecule has 1 aliphatic carbocycles. The first-order valence-electron chi connectivity index (χ1n) is 8.25. The van der Waals surface area contributed by atoms with E-state index in [9.17, 15) is 0 Å². The zero-order valence-corrected chi connectivity index (χ0v) is 15.9. The molecule has 1 aromatic heterocycles. The van der Waals surface area contributed by atoms with Crippen molar-refractivity contribution < 1.29 is 4.42 Å². The van der Waals surface area contributed by atoms with E-state index in [0.717, 1.165) is 16.6 Å². The van der Waals surface area contributed by atoms with E-state index in [0.29, 0.717) is 29.4 Å². The topological polar surface area (TPSA) is 42.2 Å². The molecule has 2 aromatic carbocycles. The van der Waals surface area contributed by atoms with Crippen LogP contribution in [-0.4, -0.2) is 21.1 Å². The van der Waals surface area contributed by atoms with Crippen molar-refractivity contribution in [2.24, 2.45) is 0 Å². The summed E-state index contributed by atoms with van der Waals surface area (Å²) >= 11 is 9.75. The molecule has 0 aliphatic heterocycles. The Morgan fingerprint density at radius 1 is 1.08 bits per heavy atom. The predicted octanol–water partition coefficient (Wildman–Crippen LogP) is 5.32. The summed E-state index contributed by atoms with van der Waals surface area (Å²) in [5.41, 5.74) is 2.04. The molecular formula is C19H17BrClN3O. The first kappa shape index (κ1) is 16.8. The molecule has 6 heteroatoms. The predicted molar refractivity (Wildman–Crippen MR) is 101 cm³/mol. The highest BCUT2D eigenvalue weighted by atomic mass is 79.9. The number of rotatable bonds is 6. The second kappa shape index (κ2) is 7.28. The lowest BCUT2D eigenvalue weighted by atomic mass is 10.2. The Hall–Kier alpha value is -1.69. The third-order valence-electron chi connectivity index (χ3n) is 4.25. The van der Waals surface area contributed by atoms with Crippen molar-refractivity contribution in [2.45, 2.75) is 32.0 Å². The SMILES string of the molecule is Clc1ccccc1-c1nnc(CN(Cc2cccc(Br)c2)C2CC2)o1. The average molecular weight is 419 g/mol. The Morgan fingerprint density at radius 3 is 2.68 bits per heavy atom. The highest BCUT2D eigenvalue weighted by molar-refractivity contribution is 9.10. The minimum Gasteiger partial charge on any atom is -0.419 e. The fourth-order valence-electron chi connectivity index (χ4n) is 2.86. The van der Waals surface area contributed by atoms with Crippen molar-refractivity contribution in [3.63, 3.8) is 0 Å². The quantitative estimate of drug-likeness (QED) is 0.543. The zero-order valence-electron chi connectivity index (χ0n) is 13.5. The number of nitrogens with zero attached hydrogens (tertiary/aromatic N) is 3. The molecule has 0 saturated heterocycles. The molecule has 0 bridgehead atoms. The lowest BCUT2D eigenvalue weighted by molar-refractivity contribution is 0.221. The first-order valence-corrected chi connectivity index (χ1v) is 9.42. The summed E-state index contributed by atoms with van der Waals surface area (Å²) in [5.74, 6) is 1.09. The normalized spacial score (nSPS) is 14.2. The minimum atomic E-state index is 0.471. The summed E-state index contributed by atoms with van der Waals surface area (Å²) in [5, 5.41) is 9.00. The van der Waals surface area contributed by atoms with Crippen LogP contribution in [0.15, 0.2) is 57.4 Å². The lowest BCUT2D eigenvalue weighted by Gasteiger charge is -2.20. The molecule has 0 amide bonds. The van der Waals surface area contributed by atoms with Crippen molar-refractivity contribution in [2.75, 3.05) is 0 Å². The van der Waals surface area contributed by atoms with Crippen molar-refractivity contribution in [3.05, 3.63) is 69.5 Å². The number of hydrogen-bond acceptors (Lipinski definition) is 4. The third-order valence-corrected chi connectivity index (χ3v) is 5.07. The van der Waals surface area contributed by atoms with Gasteiger partial charge < -0.3 is 4.42 Å². The summed E-state index contributed by atoms with van der Waals surface area (Å²) in [6, 6.07) is 16.5. The highest BCUT2D eigenvalue weighted by Gasteiger charge is 2.30. The van der Waals surface area contributed by atoms with E-state index in [1.807, 2.05) is 30.3 Å². The van der Waals surface area contributed by atoms with Gasteiger partial charge in [0, 0.05) is 17.1 Å². The number of benzene rings is 2. The fraction of sp³-hybridized carbons (Fsp3) is 0.263. The molecule has 1 saturated carbocycles. The number of halogens is 2. The Labute approximate surface area is 159 Å². The Morgan fingerprint density at radius 2 is 1.92 bits per heavy atom. The van der Waals surface area contributed by atoms with Crippen LogP contribution in [0.5, 0.6) is 0 Å². The summed E-state index contributed by atoms with van der Waals surface area (Å²) in [6.07, 6.45) is 2.44. The van der Waals surface area contributed by atoms with Crippen LogP contribution in [0.2, 0.25) is 5.02 Å². The largest absolute Gasteiger partial charge is 0.419 e. The van der Waals surface area contributed by atoms with E-state index in [-0.39, 0.29) is 0 Å². The molecule has 0 radical (unpaired) electrons. The van der Waals surface area contributed by atoms with E-state index in [1.54, 1.807) is 0 Å². The zero-order chi connectivity index (χ0) is 17.2. The molecular weight excluding hydrogens is 402 g/mol. The van der Waals surface area contributed by atoms with E-state index >= 15 is 0 Å². The maximum atomic E-state index is 6.21. The van der Waals surface area contributed by atoms with Gasteiger partial charge in [0.1, 0.15) is 0 Å². The van der Waals surface area contributed by atoms with E-state index < -0.39 is 0 Å². The molecule has 0 unspecified atom stereocenters. The molecule has 4 rings (SSSR count). The van der Waals surface area contributed by atoms with Crippen molar-refractivity contribution in [1.29, 1.82) is 0 Å². The van der Waals surface area contributed by atoms with Gasteiger partial charge in [-0.2, -0.15) is 0 Å². The van der Waals surface area contributed by atoms with Crippen LogP contribution >= 0.6 is 27.5 Å². The fourth-order valence-corrected chi connectivity index (χ4v) is 3.52. The van der Waals surface area contributed by atoms with Crippen LogP contribution in [0.25, 0.3) is 11.5 Å². The van der Waals surface area contributed by atoms with Gasteiger partial charge in [-0.1, -0.05) is 51.8 Å². The summed E-state index contributed by atoms with van der Waals surface area (Å²) < 4.78 is 6.96. The summed E-state index contributed by atoms with van der Waals surface area (Å²) in [6.45, 7) is 1.52. The van der Waals surface area contributed by atoms with Crippen molar-refractivity contribution in [3.8, 4) is 11.5 Å². The van der Waals surface area contributed by atoms with Gasteiger partial charge in [0.15, 0.2) is 0 Å².